The Kier molecular flexibility index (Phi) is 4.43. The summed E-state index contributed by atoms with van der Waals surface area (Å²) >= 11 is 5.03. The number of carbonyl (C=O) groups is 1. The summed E-state index contributed by atoms with van der Waals surface area (Å²) in [6, 6.07) is 7.43. The fourth-order valence-corrected chi connectivity index (χ4v) is 3.18. The molecular weight excluding hydrogens is 268 g/mol. The van der Waals surface area contributed by atoms with E-state index in [0.29, 0.717) is 10.7 Å². The zero-order valence-corrected chi connectivity index (χ0v) is 12.9. The molecule has 1 saturated carbocycles. The van der Waals surface area contributed by atoms with Crippen LogP contribution < -0.4 is 11.1 Å². The number of rotatable bonds is 3. The van der Waals surface area contributed by atoms with Crippen LogP contribution in [0.1, 0.15) is 45.1 Å². The lowest BCUT2D eigenvalue weighted by Crippen LogP contribution is -2.37. The second-order valence-electron chi connectivity index (χ2n) is 6.19. The summed E-state index contributed by atoms with van der Waals surface area (Å²) in [5.74, 6) is 0.133. The standard InChI is InChI=1S/C16H22N2OS/c1-16(2)10-6-5-8-12(16)15(19)18-13-9-4-3-7-11(13)14(17)20/h3-4,7,9,12H,5-6,8,10H2,1-2H3,(H2,17,20)(H,18,19). The maximum Gasteiger partial charge on any atom is 0.228 e. The molecule has 1 aliphatic carbocycles. The largest absolute Gasteiger partial charge is 0.389 e. The van der Waals surface area contributed by atoms with E-state index in [9.17, 15) is 4.79 Å². The van der Waals surface area contributed by atoms with Crippen molar-refractivity contribution in [3.63, 3.8) is 0 Å². The first-order valence-electron chi connectivity index (χ1n) is 7.11. The van der Waals surface area contributed by atoms with E-state index in [0.717, 1.165) is 24.8 Å². The fraction of sp³-hybridized carbons (Fsp3) is 0.500. The van der Waals surface area contributed by atoms with Gasteiger partial charge in [-0.05, 0) is 30.4 Å². The minimum Gasteiger partial charge on any atom is -0.389 e. The molecule has 2 rings (SSSR count). The molecule has 0 saturated heterocycles. The third-order valence-corrected chi connectivity index (χ3v) is 4.49. The predicted octanol–water partition coefficient (Wildman–Crippen LogP) is 3.48. The van der Waals surface area contributed by atoms with Gasteiger partial charge in [0.25, 0.3) is 0 Å². The summed E-state index contributed by atoms with van der Waals surface area (Å²) in [4.78, 5) is 12.9. The van der Waals surface area contributed by atoms with Crippen LogP contribution in [0.3, 0.4) is 0 Å². The van der Waals surface area contributed by atoms with Crippen molar-refractivity contribution in [1.29, 1.82) is 0 Å². The molecule has 1 aromatic rings. The Bertz CT molecular complexity index is 525. The van der Waals surface area contributed by atoms with Crippen molar-refractivity contribution < 1.29 is 4.79 Å². The second-order valence-corrected chi connectivity index (χ2v) is 6.63. The Hall–Kier alpha value is -1.42. The predicted molar refractivity (Wildman–Crippen MR) is 86.7 cm³/mol. The highest BCUT2D eigenvalue weighted by Crippen LogP contribution is 2.41. The number of hydrogen-bond acceptors (Lipinski definition) is 2. The number of anilines is 1. The first-order valence-corrected chi connectivity index (χ1v) is 7.52. The molecule has 3 N–H and O–H groups in total. The SMILES string of the molecule is CC1(C)CCCCC1C(=O)Nc1ccccc1C(N)=S. The number of thiocarbonyl (C=S) groups is 1. The molecule has 20 heavy (non-hydrogen) atoms. The lowest BCUT2D eigenvalue weighted by Gasteiger charge is -2.37. The first-order chi connectivity index (χ1) is 9.42. The van der Waals surface area contributed by atoms with Crippen LogP contribution in [-0.4, -0.2) is 10.9 Å². The van der Waals surface area contributed by atoms with E-state index < -0.39 is 0 Å². The third kappa shape index (κ3) is 3.18. The second kappa shape index (κ2) is 5.92. The quantitative estimate of drug-likeness (QED) is 0.838. The number of nitrogens with two attached hydrogens (primary N) is 1. The number of carbonyl (C=O) groups excluding carboxylic acids is 1. The van der Waals surface area contributed by atoms with E-state index >= 15 is 0 Å². The van der Waals surface area contributed by atoms with Gasteiger partial charge in [0.2, 0.25) is 5.91 Å². The zero-order valence-electron chi connectivity index (χ0n) is 12.1. The molecule has 1 atom stereocenters. The number of amides is 1. The van der Waals surface area contributed by atoms with Crippen LogP contribution >= 0.6 is 12.2 Å². The summed E-state index contributed by atoms with van der Waals surface area (Å²) in [5, 5.41) is 3.01. The molecular formula is C16H22N2OS. The third-order valence-electron chi connectivity index (χ3n) is 4.27. The van der Waals surface area contributed by atoms with Crippen LogP contribution in [0.25, 0.3) is 0 Å². The fourth-order valence-electron chi connectivity index (χ4n) is 3.01. The van der Waals surface area contributed by atoms with Crippen molar-refractivity contribution >= 4 is 28.8 Å². The molecule has 0 bridgehead atoms. The normalized spacial score (nSPS) is 21.2. The van der Waals surface area contributed by atoms with E-state index in [1.165, 1.54) is 6.42 Å². The van der Waals surface area contributed by atoms with Gasteiger partial charge in [0.05, 0.1) is 5.69 Å². The van der Waals surface area contributed by atoms with Gasteiger partial charge >= 0.3 is 0 Å². The van der Waals surface area contributed by atoms with E-state index in [1.54, 1.807) is 0 Å². The van der Waals surface area contributed by atoms with Gasteiger partial charge in [0.15, 0.2) is 0 Å². The zero-order chi connectivity index (χ0) is 14.8. The van der Waals surface area contributed by atoms with Gasteiger partial charge < -0.3 is 11.1 Å². The Balaban J connectivity index is 2.18. The average Bonchev–Trinajstić information content (AvgIpc) is 2.38. The van der Waals surface area contributed by atoms with Crippen LogP contribution in [0.15, 0.2) is 24.3 Å². The lowest BCUT2D eigenvalue weighted by molar-refractivity contribution is -0.124. The number of hydrogen-bond donors (Lipinski definition) is 2. The molecule has 108 valence electrons. The highest BCUT2D eigenvalue weighted by Gasteiger charge is 2.37. The van der Waals surface area contributed by atoms with E-state index in [4.69, 9.17) is 18.0 Å². The number of para-hydroxylation sites is 1. The van der Waals surface area contributed by atoms with Crippen LogP contribution in [0.5, 0.6) is 0 Å². The molecule has 1 aromatic carbocycles. The van der Waals surface area contributed by atoms with Gasteiger partial charge in [0, 0.05) is 11.5 Å². The average molecular weight is 290 g/mol. The minimum atomic E-state index is 0.0515. The lowest BCUT2D eigenvalue weighted by atomic mass is 9.68. The summed E-state index contributed by atoms with van der Waals surface area (Å²) in [6.45, 7) is 4.35. The van der Waals surface area contributed by atoms with Crippen molar-refractivity contribution in [3.8, 4) is 0 Å². The first kappa shape index (κ1) is 15.0. The minimum absolute atomic E-state index is 0.0515. The molecule has 1 fully saturated rings. The molecule has 4 heteroatoms. The number of nitrogens with one attached hydrogen (secondary N) is 1. The highest BCUT2D eigenvalue weighted by atomic mass is 32.1. The maximum atomic E-state index is 12.6. The van der Waals surface area contributed by atoms with E-state index in [1.807, 2.05) is 24.3 Å². The molecule has 0 spiro atoms. The summed E-state index contributed by atoms with van der Waals surface area (Å²) < 4.78 is 0. The molecule has 0 radical (unpaired) electrons. The van der Waals surface area contributed by atoms with Crippen molar-refractivity contribution in [2.75, 3.05) is 5.32 Å². The Morgan fingerprint density at radius 3 is 2.70 bits per heavy atom. The smallest absolute Gasteiger partial charge is 0.228 e. The van der Waals surface area contributed by atoms with Gasteiger partial charge in [-0.2, -0.15) is 0 Å². The molecule has 0 aliphatic heterocycles. The van der Waals surface area contributed by atoms with Crippen molar-refractivity contribution in [1.82, 2.24) is 0 Å². The van der Waals surface area contributed by atoms with Gasteiger partial charge in [-0.3, -0.25) is 4.79 Å². The number of benzene rings is 1. The van der Waals surface area contributed by atoms with Crippen molar-refractivity contribution in [3.05, 3.63) is 29.8 Å². The summed E-state index contributed by atoms with van der Waals surface area (Å²) in [5.41, 5.74) is 7.20. The van der Waals surface area contributed by atoms with Crippen LogP contribution in [-0.2, 0) is 4.79 Å². The van der Waals surface area contributed by atoms with Crippen LogP contribution in [0.4, 0.5) is 5.69 Å². The van der Waals surface area contributed by atoms with Crippen LogP contribution in [0, 0.1) is 11.3 Å². The van der Waals surface area contributed by atoms with Gasteiger partial charge in [-0.25, -0.2) is 0 Å². The monoisotopic (exact) mass is 290 g/mol. The van der Waals surface area contributed by atoms with Gasteiger partial charge in [-0.1, -0.05) is 51.0 Å². The molecule has 1 aliphatic rings. The van der Waals surface area contributed by atoms with Gasteiger partial charge in [0.1, 0.15) is 4.99 Å². The molecule has 1 unspecified atom stereocenters. The van der Waals surface area contributed by atoms with E-state index in [-0.39, 0.29) is 17.2 Å². The topological polar surface area (TPSA) is 55.1 Å². The molecule has 0 aromatic heterocycles. The van der Waals surface area contributed by atoms with Crippen LogP contribution in [0.2, 0.25) is 0 Å². The molecule has 0 heterocycles. The summed E-state index contributed by atoms with van der Waals surface area (Å²) in [7, 11) is 0. The Morgan fingerprint density at radius 2 is 2.05 bits per heavy atom. The highest BCUT2D eigenvalue weighted by molar-refractivity contribution is 7.80. The maximum absolute atomic E-state index is 12.6. The molecule has 3 nitrogen and oxygen atoms in total. The Labute approximate surface area is 125 Å². The van der Waals surface area contributed by atoms with Crippen molar-refractivity contribution in [2.45, 2.75) is 39.5 Å². The van der Waals surface area contributed by atoms with E-state index in [2.05, 4.69) is 19.2 Å². The summed E-state index contributed by atoms with van der Waals surface area (Å²) in [6.07, 6.45) is 4.38. The molecule has 1 amide bonds. The Morgan fingerprint density at radius 1 is 1.35 bits per heavy atom. The van der Waals surface area contributed by atoms with Crippen molar-refractivity contribution in [2.24, 2.45) is 17.1 Å². The van der Waals surface area contributed by atoms with Gasteiger partial charge in [-0.15, -0.1) is 0 Å².